The molecule has 0 saturated heterocycles. The lowest BCUT2D eigenvalue weighted by Gasteiger charge is -2.01. The van der Waals surface area contributed by atoms with E-state index in [9.17, 15) is 4.79 Å². The third kappa shape index (κ3) is 3.15. The summed E-state index contributed by atoms with van der Waals surface area (Å²) in [6.07, 6.45) is 0. The maximum Gasteiger partial charge on any atom is 0.337 e. The topological polar surface area (TPSA) is 64.2 Å². The third-order valence-electron chi connectivity index (χ3n) is 3.30. The van der Waals surface area contributed by atoms with Crippen LogP contribution >= 0.6 is 0 Å². The standard InChI is InChI=1S/C17H16N2O3/c1-21-17(20)13-7-8-14-15(9-13)19-16(18-14)11-22-10-12-5-3-2-4-6-12/h2-9H,10-11H2,1H3,(H,18,19). The summed E-state index contributed by atoms with van der Waals surface area (Å²) in [4.78, 5) is 19.1. The van der Waals surface area contributed by atoms with Crippen molar-refractivity contribution in [2.75, 3.05) is 7.11 Å². The van der Waals surface area contributed by atoms with Crippen LogP contribution in [0.5, 0.6) is 0 Å². The molecular formula is C17H16N2O3. The van der Waals surface area contributed by atoms with E-state index in [0.29, 0.717) is 18.8 Å². The van der Waals surface area contributed by atoms with E-state index in [4.69, 9.17) is 9.47 Å². The SMILES string of the molecule is COC(=O)c1ccc2nc(COCc3ccccc3)[nH]c2c1. The molecule has 0 atom stereocenters. The van der Waals surface area contributed by atoms with E-state index in [1.54, 1.807) is 18.2 Å². The number of hydrogen-bond donors (Lipinski definition) is 1. The number of aromatic amines is 1. The van der Waals surface area contributed by atoms with Crippen molar-refractivity contribution < 1.29 is 14.3 Å². The molecule has 1 N–H and O–H groups in total. The number of hydrogen-bond acceptors (Lipinski definition) is 4. The number of nitrogens with one attached hydrogen (secondary N) is 1. The second-order valence-electron chi connectivity index (χ2n) is 4.89. The fraction of sp³-hybridized carbons (Fsp3) is 0.176. The van der Waals surface area contributed by atoms with Crippen molar-refractivity contribution in [2.45, 2.75) is 13.2 Å². The first kappa shape index (κ1) is 14.3. The van der Waals surface area contributed by atoms with Crippen molar-refractivity contribution in [1.29, 1.82) is 0 Å². The first-order valence-corrected chi connectivity index (χ1v) is 6.95. The number of aromatic nitrogens is 2. The smallest absolute Gasteiger partial charge is 0.337 e. The van der Waals surface area contributed by atoms with Gasteiger partial charge in [-0.05, 0) is 23.8 Å². The maximum absolute atomic E-state index is 11.5. The zero-order valence-corrected chi connectivity index (χ0v) is 12.2. The molecule has 0 unspecified atom stereocenters. The Morgan fingerprint density at radius 1 is 1.14 bits per heavy atom. The molecule has 3 rings (SSSR count). The fourth-order valence-corrected chi connectivity index (χ4v) is 2.22. The molecule has 0 fully saturated rings. The van der Waals surface area contributed by atoms with Crippen LogP contribution in [0.3, 0.4) is 0 Å². The van der Waals surface area contributed by atoms with Gasteiger partial charge < -0.3 is 14.5 Å². The highest BCUT2D eigenvalue weighted by atomic mass is 16.5. The van der Waals surface area contributed by atoms with Gasteiger partial charge in [-0.25, -0.2) is 9.78 Å². The largest absolute Gasteiger partial charge is 0.465 e. The average Bonchev–Trinajstić information content (AvgIpc) is 2.97. The summed E-state index contributed by atoms with van der Waals surface area (Å²) in [6.45, 7) is 0.919. The van der Waals surface area contributed by atoms with E-state index >= 15 is 0 Å². The maximum atomic E-state index is 11.5. The van der Waals surface area contributed by atoms with Crippen molar-refractivity contribution in [3.8, 4) is 0 Å². The predicted molar refractivity (Wildman–Crippen MR) is 82.4 cm³/mol. The minimum atomic E-state index is -0.363. The number of nitrogens with zero attached hydrogens (tertiary/aromatic N) is 1. The molecule has 1 heterocycles. The van der Waals surface area contributed by atoms with Gasteiger partial charge in [-0.15, -0.1) is 0 Å². The Bertz CT molecular complexity index is 781. The monoisotopic (exact) mass is 296 g/mol. The number of rotatable bonds is 5. The fourth-order valence-electron chi connectivity index (χ4n) is 2.22. The molecule has 0 spiro atoms. The molecule has 0 radical (unpaired) electrons. The van der Waals surface area contributed by atoms with E-state index in [1.165, 1.54) is 7.11 Å². The Hall–Kier alpha value is -2.66. The second-order valence-corrected chi connectivity index (χ2v) is 4.89. The van der Waals surface area contributed by atoms with Crippen molar-refractivity contribution in [2.24, 2.45) is 0 Å². The zero-order valence-electron chi connectivity index (χ0n) is 12.2. The van der Waals surface area contributed by atoms with E-state index < -0.39 is 0 Å². The van der Waals surface area contributed by atoms with Gasteiger partial charge in [0.05, 0.1) is 30.3 Å². The van der Waals surface area contributed by atoms with Gasteiger partial charge in [0.15, 0.2) is 0 Å². The summed E-state index contributed by atoms with van der Waals surface area (Å²) in [7, 11) is 1.36. The summed E-state index contributed by atoms with van der Waals surface area (Å²) >= 11 is 0. The van der Waals surface area contributed by atoms with Gasteiger partial charge in [0, 0.05) is 0 Å². The van der Waals surface area contributed by atoms with E-state index in [0.717, 1.165) is 22.4 Å². The number of carbonyl (C=O) groups excluding carboxylic acids is 1. The minimum absolute atomic E-state index is 0.363. The van der Waals surface area contributed by atoms with Crippen molar-refractivity contribution >= 4 is 17.0 Å². The van der Waals surface area contributed by atoms with Gasteiger partial charge in [-0.2, -0.15) is 0 Å². The number of H-pyrrole nitrogens is 1. The van der Waals surface area contributed by atoms with Crippen LogP contribution in [0.2, 0.25) is 0 Å². The van der Waals surface area contributed by atoms with Crippen LogP contribution in [0.1, 0.15) is 21.7 Å². The lowest BCUT2D eigenvalue weighted by atomic mass is 10.2. The Morgan fingerprint density at radius 3 is 2.73 bits per heavy atom. The van der Waals surface area contributed by atoms with Crippen LogP contribution < -0.4 is 0 Å². The summed E-state index contributed by atoms with van der Waals surface area (Å²) in [6, 6.07) is 15.2. The molecule has 3 aromatic rings. The van der Waals surface area contributed by atoms with Crippen molar-refractivity contribution in [1.82, 2.24) is 9.97 Å². The molecule has 0 aliphatic rings. The number of methoxy groups -OCH3 is 1. The molecule has 0 amide bonds. The van der Waals surface area contributed by atoms with Crippen molar-refractivity contribution in [3.63, 3.8) is 0 Å². The van der Waals surface area contributed by atoms with Crippen LogP contribution in [0.4, 0.5) is 0 Å². The number of esters is 1. The van der Waals surface area contributed by atoms with Gasteiger partial charge in [0.2, 0.25) is 0 Å². The molecule has 5 heteroatoms. The van der Waals surface area contributed by atoms with E-state index in [1.807, 2.05) is 30.3 Å². The highest BCUT2D eigenvalue weighted by Crippen LogP contribution is 2.15. The summed E-state index contributed by atoms with van der Waals surface area (Å²) < 4.78 is 10.4. The number of carbonyl (C=O) groups is 1. The van der Waals surface area contributed by atoms with Crippen LogP contribution in [0.25, 0.3) is 11.0 Å². The number of ether oxygens (including phenoxy) is 2. The summed E-state index contributed by atoms with van der Waals surface area (Å²) in [5, 5.41) is 0. The molecule has 0 bridgehead atoms. The molecule has 2 aromatic carbocycles. The Labute approximate surface area is 127 Å². The van der Waals surface area contributed by atoms with Gasteiger partial charge in [-0.3, -0.25) is 0 Å². The Morgan fingerprint density at radius 2 is 1.95 bits per heavy atom. The summed E-state index contributed by atoms with van der Waals surface area (Å²) in [5.41, 5.74) is 3.20. The summed E-state index contributed by atoms with van der Waals surface area (Å²) in [5.74, 6) is 0.367. The minimum Gasteiger partial charge on any atom is -0.465 e. The quantitative estimate of drug-likeness (QED) is 0.735. The van der Waals surface area contributed by atoms with E-state index in [2.05, 4.69) is 9.97 Å². The van der Waals surface area contributed by atoms with Crippen LogP contribution in [-0.2, 0) is 22.7 Å². The van der Waals surface area contributed by atoms with Gasteiger partial charge in [0.1, 0.15) is 12.4 Å². The van der Waals surface area contributed by atoms with Crippen LogP contribution in [0.15, 0.2) is 48.5 Å². The zero-order chi connectivity index (χ0) is 15.4. The molecule has 5 nitrogen and oxygen atoms in total. The second kappa shape index (κ2) is 6.41. The molecule has 22 heavy (non-hydrogen) atoms. The number of benzene rings is 2. The van der Waals surface area contributed by atoms with Gasteiger partial charge in [0.25, 0.3) is 0 Å². The molecular weight excluding hydrogens is 280 g/mol. The van der Waals surface area contributed by atoms with Crippen molar-refractivity contribution in [3.05, 3.63) is 65.5 Å². The van der Waals surface area contributed by atoms with E-state index in [-0.39, 0.29) is 5.97 Å². The normalized spacial score (nSPS) is 10.8. The molecule has 0 aliphatic carbocycles. The number of imidazole rings is 1. The first-order chi connectivity index (χ1) is 10.8. The predicted octanol–water partition coefficient (Wildman–Crippen LogP) is 3.07. The first-order valence-electron chi connectivity index (χ1n) is 6.95. The lowest BCUT2D eigenvalue weighted by molar-refractivity contribution is 0.0601. The average molecular weight is 296 g/mol. The Kier molecular flexibility index (Phi) is 4.16. The third-order valence-corrected chi connectivity index (χ3v) is 3.30. The van der Waals surface area contributed by atoms with Gasteiger partial charge >= 0.3 is 5.97 Å². The van der Waals surface area contributed by atoms with Gasteiger partial charge in [-0.1, -0.05) is 30.3 Å². The lowest BCUT2D eigenvalue weighted by Crippen LogP contribution is -2.00. The van der Waals surface area contributed by atoms with Crippen LogP contribution in [-0.4, -0.2) is 23.0 Å². The highest BCUT2D eigenvalue weighted by Gasteiger charge is 2.09. The number of fused-ring (bicyclic) bond motifs is 1. The van der Waals surface area contributed by atoms with Crippen LogP contribution in [0, 0.1) is 0 Å². The Balaban J connectivity index is 1.68. The molecule has 1 aromatic heterocycles. The molecule has 0 saturated carbocycles. The highest BCUT2D eigenvalue weighted by molar-refractivity contribution is 5.93. The molecule has 0 aliphatic heterocycles. The molecule has 112 valence electrons.